The Morgan fingerprint density at radius 2 is 1.88 bits per heavy atom. The minimum atomic E-state index is -0.975. The summed E-state index contributed by atoms with van der Waals surface area (Å²) in [5.41, 5.74) is 3.16. The molecule has 5 rings (SSSR count). The van der Waals surface area contributed by atoms with Crippen LogP contribution in [0.25, 0.3) is 11.3 Å². The number of para-hydroxylation sites is 2. The van der Waals surface area contributed by atoms with Crippen LogP contribution in [0.4, 0.5) is 5.69 Å². The molecule has 0 spiro atoms. The van der Waals surface area contributed by atoms with Gasteiger partial charge in [0, 0.05) is 11.8 Å². The summed E-state index contributed by atoms with van der Waals surface area (Å²) in [5, 5.41) is 23.6. The van der Waals surface area contributed by atoms with Gasteiger partial charge in [0.2, 0.25) is 0 Å². The molecular weight excluding hydrogens is 450 g/mol. The Morgan fingerprint density at radius 3 is 2.59 bits per heavy atom. The molecule has 0 amide bonds. The average molecular weight is 472 g/mol. The number of aromatic hydroxyl groups is 1. The molecule has 3 heterocycles. The number of pyridine rings is 1. The van der Waals surface area contributed by atoms with Crippen LogP contribution in [-0.2, 0) is 0 Å². The minimum absolute atomic E-state index is 0.102. The summed E-state index contributed by atoms with van der Waals surface area (Å²) in [6, 6.07) is 20.6. The largest absolute Gasteiger partial charge is 0.506 e. The van der Waals surface area contributed by atoms with Crippen molar-refractivity contribution in [2.24, 2.45) is 0 Å². The van der Waals surface area contributed by atoms with Crippen LogP contribution in [0.5, 0.6) is 5.75 Å². The number of phenolic OH excluding ortho intramolecular Hbond substituents is 1. The molecule has 1 aliphatic heterocycles. The number of furan rings is 1. The van der Waals surface area contributed by atoms with Gasteiger partial charge < -0.3 is 24.8 Å². The summed E-state index contributed by atoms with van der Waals surface area (Å²) in [7, 11) is 0. The first-order valence-electron chi connectivity index (χ1n) is 10.7. The lowest BCUT2D eigenvalue weighted by Crippen LogP contribution is -2.29. The molecule has 2 aromatic carbocycles. The van der Waals surface area contributed by atoms with Gasteiger partial charge in [-0.05, 0) is 73.2 Å². The number of benzene rings is 2. The molecular formula is C26H21N3O4S. The standard InChI is InChI=1S/C26H21N3O4S/c1-15-14-16(25(31)32)9-10-17(15)21-11-12-22(33-21)24-23(18-6-4-5-13-27-18)28-26(34)29(24)19-7-2-3-8-20(19)30/h2-14,23-24,30H,1H3,(H,28,34)(H,31,32)/t23-,24+/m1/s1. The molecule has 1 fully saturated rings. The van der Waals surface area contributed by atoms with Gasteiger partial charge in [-0.3, -0.25) is 4.98 Å². The topological polar surface area (TPSA) is 98.8 Å². The molecule has 4 aromatic rings. The molecule has 0 unspecified atom stereocenters. The first-order chi connectivity index (χ1) is 16.4. The average Bonchev–Trinajstić information content (AvgIpc) is 3.44. The molecule has 0 bridgehead atoms. The highest BCUT2D eigenvalue weighted by atomic mass is 32.1. The fourth-order valence-corrected chi connectivity index (χ4v) is 4.64. The number of hydrogen-bond donors (Lipinski definition) is 3. The van der Waals surface area contributed by atoms with Crippen LogP contribution in [0.1, 0.15) is 39.5 Å². The van der Waals surface area contributed by atoms with Gasteiger partial charge in [-0.1, -0.05) is 24.3 Å². The van der Waals surface area contributed by atoms with Gasteiger partial charge in [0.25, 0.3) is 0 Å². The van der Waals surface area contributed by atoms with E-state index in [9.17, 15) is 15.0 Å². The number of carboxylic acid groups (broad SMARTS) is 1. The number of aromatic nitrogens is 1. The zero-order valence-electron chi connectivity index (χ0n) is 18.2. The zero-order valence-corrected chi connectivity index (χ0v) is 19.0. The zero-order chi connectivity index (χ0) is 23.8. The third kappa shape index (κ3) is 3.78. The SMILES string of the molecule is Cc1cc(C(=O)O)ccc1-c1ccc([C@H]2[C@@H](c3ccccn3)NC(=S)N2c2ccccc2O)o1. The molecule has 0 radical (unpaired) electrons. The van der Waals surface area contributed by atoms with Gasteiger partial charge in [0.15, 0.2) is 5.11 Å². The van der Waals surface area contributed by atoms with Crippen LogP contribution >= 0.6 is 12.2 Å². The van der Waals surface area contributed by atoms with E-state index in [1.807, 2.05) is 48.2 Å². The van der Waals surface area contributed by atoms with E-state index in [0.717, 1.165) is 16.8 Å². The van der Waals surface area contributed by atoms with Crippen molar-refractivity contribution in [1.29, 1.82) is 0 Å². The van der Waals surface area contributed by atoms with E-state index in [4.69, 9.17) is 16.6 Å². The van der Waals surface area contributed by atoms with Gasteiger partial charge in [0.1, 0.15) is 23.3 Å². The van der Waals surface area contributed by atoms with Crippen LogP contribution in [0.15, 0.2) is 83.4 Å². The third-order valence-electron chi connectivity index (χ3n) is 5.90. The summed E-state index contributed by atoms with van der Waals surface area (Å²) in [4.78, 5) is 17.7. The molecule has 2 atom stereocenters. The summed E-state index contributed by atoms with van der Waals surface area (Å²) in [5.74, 6) is 0.365. The van der Waals surface area contributed by atoms with Crippen molar-refractivity contribution in [2.45, 2.75) is 19.0 Å². The fraction of sp³-hybridized carbons (Fsp3) is 0.115. The van der Waals surface area contributed by atoms with Crippen LogP contribution in [0, 0.1) is 6.92 Å². The maximum atomic E-state index is 11.3. The van der Waals surface area contributed by atoms with Crippen molar-refractivity contribution >= 4 is 29.0 Å². The van der Waals surface area contributed by atoms with E-state index in [2.05, 4.69) is 10.3 Å². The first kappa shape index (κ1) is 21.7. The molecule has 8 heteroatoms. The Balaban J connectivity index is 1.60. The van der Waals surface area contributed by atoms with Gasteiger partial charge in [-0.25, -0.2) is 4.79 Å². The number of rotatable bonds is 5. The molecule has 1 aliphatic rings. The Morgan fingerprint density at radius 1 is 1.09 bits per heavy atom. The van der Waals surface area contributed by atoms with Gasteiger partial charge in [0.05, 0.1) is 23.0 Å². The summed E-state index contributed by atoms with van der Waals surface area (Å²) in [6.45, 7) is 1.85. The second-order valence-corrected chi connectivity index (χ2v) is 8.41. The van der Waals surface area contributed by atoms with E-state index in [1.165, 1.54) is 0 Å². The number of nitrogens with one attached hydrogen (secondary N) is 1. The summed E-state index contributed by atoms with van der Waals surface area (Å²) in [6.07, 6.45) is 1.72. The Bertz CT molecular complexity index is 1390. The van der Waals surface area contributed by atoms with Crippen molar-refractivity contribution < 1.29 is 19.4 Å². The quantitative estimate of drug-likeness (QED) is 0.340. The second-order valence-electron chi connectivity index (χ2n) is 8.02. The van der Waals surface area contributed by atoms with E-state index in [1.54, 1.807) is 42.6 Å². The normalized spacial score (nSPS) is 17.6. The Hall–Kier alpha value is -4.17. The molecule has 7 nitrogen and oxygen atoms in total. The molecule has 1 saturated heterocycles. The number of carbonyl (C=O) groups is 1. The summed E-state index contributed by atoms with van der Waals surface area (Å²) < 4.78 is 6.33. The Kier molecular flexibility index (Phi) is 5.51. The van der Waals surface area contributed by atoms with Crippen LogP contribution in [0.2, 0.25) is 0 Å². The maximum Gasteiger partial charge on any atom is 0.335 e. The third-order valence-corrected chi connectivity index (χ3v) is 6.21. The Labute approximate surface area is 201 Å². The number of carboxylic acids is 1. The highest BCUT2D eigenvalue weighted by molar-refractivity contribution is 7.80. The van der Waals surface area contributed by atoms with Gasteiger partial charge in [-0.2, -0.15) is 0 Å². The number of phenols is 1. The van der Waals surface area contributed by atoms with Gasteiger partial charge >= 0.3 is 5.97 Å². The lowest BCUT2D eigenvalue weighted by Gasteiger charge is -2.26. The van der Waals surface area contributed by atoms with Crippen molar-refractivity contribution in [3.63, 3.8) is 0 Å². The number of hydrogen-bond acceptors (Lipinski definition) is 5. The lowest BCUT2D eigenvalue weighted by atomic mass is 10.0. The molecule has 0 saturated carbocycles. The van der Waals surface area contributed by atoms with Crippen molar-refractivity contribution in [2.75, 3.05) is 4.90 Å². The van der Waals surface area contributed by atoms with Crippen molar-refractivity contribution in [1.82, 2.24) is 10.3 Å². The van der Waals surface area contributed by atoms with E-state index < -0.39 is 12.0 Å². The molecule has 170 valence electrons. The fourth-order valence-electron chi connectivity index (χ4n) is 4.30. The second kappa shape index (κ2) is 8.64. The predicted molar refractivity (Wildman–Crippen MR) is 132 cm³/mol. The van der Waals surface area contributed by atoms with Crippen LogP contribution in [0.3, 0.4) is 0 Å². The first-order valence-corrected chi connectivity index (χ1v) is 11.1. The number of aromatic carboxylic acids is 1. The molecule has 2 aromatic heterocycles. The maximum absolute atomic E-state index is 11.3. The number of anilines is 1. The minimum Gasteiger partial charge on any atom is -0.506 e. The highest BCUT2D eigenvalue weighted by Crippen LogP contribution is 2.45. The molecule has 0 aliphatic carbocycles. The molecule has 34 heavy (non-hydrogen) atoms. The van der Waals surface area contributed by atoms with Gasteiger partial charge in [-0.15, -0.1) is 0 Å². The number of nitrogens with zero attached hydrogens (tertiary/aromatic N) is 2. The number of aryl methyl sites for hydroxylation is 1. The lowest BCUT2D eigenvalue weighted by molar-refractivity contribution is 0.0696. The monoisotopic (exact) mass is 471 g/mol. The molecule has 3 N–H and O–H groups in total. The van der Waals surface area contributed by atoms with Crippen molar-refractivity contribution in [3.05, 3.63) is 102 Å². The van der Waals surface area contributed by atoms with Crippen LogP contribution < -0.4 is 10.2 Å². The summed E-state index contributed by atoms with van der Waals surface area (Å²) >= 11 is 5.67. The van der Waals surface area contributed by atoms with Crippen molar-refractivity contribution in [3.8, 4) is 17.1 Å². The van der Waals surface area contributed by atoms with E-state index in [0.29, 0.717) is 22.3 Å². The van der Waals surface area contributed by atoms with E-state index in [-0.39, 0.29) is 17.4 Å². The smallest absolute Gasteiger partial charge is 0.335 e. The predicted octanol–water partition coefficient (Wildman–Crippen LogP) is 5.23. The van der Waals surface area contributed by atoms with Crippen LogP contribution in [-0.4, -0.2) is 26.3 Å². The number of thiocarbonyl (C=S) groups is 1. The van der Waals surface area contributed by atoms with E-state index >= 15 is 0 Å². The highest BCUT2D eigenvalue weighted by Gasteiger charge is 2.43.